The van der Waals surface area contributed by atoms with Crippen LogP contribution in [-0.2, 0) is 0 Å². The Morgan fingerprint density at radius 2 is 1.67 bits per heavy atom. The SMILES string of the molecule is Cl.Cl.NC1CC(c2ccc3ccccc3c2)NN1. The van der Waals surface area contributed by atoms with Gasteiger partial charge in [0.2, 0.25) is 0 Å². The average Bonchev–Trinajstić information content (AvgIpc) is 2.75. The number of halogens is 2. The van der Waals surface area contributed by atoms with Crippen molar-refractivity contribution < 1.29 is 0 Å². The molecule has 1 heterocycles. The number of fused-ring (bicyclic) bond motifs is 1. The molecule has 2 aromatic rings. The van der Waals surface area contributed by atoms with Crippen LogP contribution >= 0.6 is 24.8 Å². The average molecular weight is 286 g/mol. The van der Waals surface area contributed by atoms with Gasteiger partial charge in [0.15, 0.2) is 0 Å². The molecule has 98 valence electrons. The van der Waals surface area contributed by atoms with Crippen molar-refractivity contribution in [3.8, 4) is 0 Å². The summed E-state index contributed by atoms with van der Waals surface area (Å²) in [6, 6.07) is 15.3. The minimum absolute atomic E-state index is 0. The highest BCUT2D eigenvalue weighted by atomic mass is 35.5. The Morgan fingerprint density at radius 3 is 2.33 bits per heavy atom. The van der Waals surface area contributed by atoms with Gasteiger partial charge in [-0.2, -0.15) is 0 Å². The molecule has 1 aliphatic rings. The third kappa shape index (κ3) is 2.94. The van der Waals surface area contributed by atoms with Gasteiger partial charge in [-0.25, -0.2) is 10.9 Å². The Morgan fingerprint density at radius 1 is 0.944 bits per heavy atom. The van der Waals surface area contributed by atoms with Gasteiger partial charge in [0.1, 0.15) is 0 Å². The molecular formula is C13H17Cl2N3. The van der Waals surface area contributed by atoms with Crippen molar-refractivity contribution in [2.45, 2.75) is 18.6 Å². The number of nitrogens with two attached hydrogens (primary N) is 1. The summed E-state index contributed by atoms with van der Waals surface area (Å²) in [5.41, 5.74) is 13.3. The highest BCUT2D eigenvalue weighted by molar-refractivity contribution is 5.85. The number of nitrogens with one attached hydrogen (secondary N) is 2. The standard InChI is InChI=1S/C13H15N3.2ClH/c14-13-8-12(15-16-13)11-6-5-9-3-1-2-4-10(9)7-11;;/h1-7,12-13,15-16H,8,14H2;2*1H. The van der Waals surface area contributed by atoms with E-state index in [0.29, 0.717) is 6.04 Å². The zero-order valence-electron chi connectivity index (χ0n) is 9.80. The van der Waals surface area contributed by atoms with Gasteiger partial charge in [0.25, 0.3) is 0 Å². The molecule has 1 saturated heterocycles. The van der Waals surface area contributed by atoms with Gasteiger partial charge >= 0.3 is 0 Å². The summed E-state index contributed by atoms with van der Waals surface area (Å²) in [6.45, 7) is 0. The fraction of sp³-hybridized carbons (Fsp3) is 0.231. The Labute approximate surface area is 119 Å². The summed E-state index contributed by atoms with van der Waals surface area (Å²) in [7, 11) is 0. The van der Waals surface area contributed by atoms with E-state index in [0.717, 1.165) is 6.42 Å². The maximum atomic E-state index is 5.80. The number of hydrazine groups is 1. The summed E-state index contributed by atoms with van der Waals surface area (Å²) in [6.07, 6.45) is 0.981. The first-order valence-corrected chi connectivity index (χ1v) is 5.58. The first kappa shape index (κ1) is 15.2. The molecule has 0 aliphatic carbocycles. The van der Waals surface area contributed by atoms with E-state index < -0.39 is 0 Å². The molecule has 2 unspecified atom stereocenters. The van der Waals surface area contributed by atoms with E-state index in [9.17, 15) is 0 Å². The number of rotatable bonds is 1. The second-order valence-corrected chi connectivity index (χ2v) is 4.29. The van der Waals surface area contributed by atoms with Gasteiger partial charge in [0, 0.05) is 6.04 Å². The third-order valence-electron chi connectivity index (χ3n) is 3.11. The van der Waals surface area contributed by atoms with Gasteiger partial charge < -0.3 is 5.73 Å². The summed E-state index contributed by atoms with van der Waals surface area (Å²) in [4.78, 5) is 0. The second kappa shape index (κ2) is 6.36. The van der Waals surface area contributed by atoms with Crippen LogP contribution in [0.1, 0.15) is 18.0 Å². The van der Waals surface area contributed by atoms with Crippen LogP contribution in [0, 0.1) is 0 Å². The van der Waals surface area contributed by atoms with Crippen LogP contribution in [0.2, 0.25) is 0 Å². The predicted octanol–water partition coefficient (Wildman–Crippen LogP) is 2.51. The zero-order valence-corrected chi connectivity index (χ0v) is 11.4. The molecule has 0 bridgehead atoms. The van der Waals surface area contributed by atoms with Crippen LogP contribution < -0.4 is 16.6 Å². The van der Waals surface area contributed by atoms with Crippen molar-refractivity contribution in [3.05, 3.63) is 48.0 Å². The van der Waals surface area contributed by atoms with Gasteiger partial charge in [0.05, 0.1) is 6.17 Å². The molecule has 2 atom stereocenters. The van der Waals surface area contributed by atoms with Gasteiger partial charge in [-0.05, 0) is 28.8 Å². The molecule has 3 rings (SSSR count). The fourth-order valence-electron chi connectivity index (χ4n) is 2.22. The van der Waals surface area contributed by atoms with Crippen molar-refractivity contribution in [2.24, 2.45) is 5.73 Å². The van der Waals surface area contributed by atoms with Gasteiger partial charge in [-0.3, -0.25) is 0 Å². The van der Waals surface area contributed by atoms with Gasteiger partial charge in [-0.1, -0.05) is 36.4 Å². The van der Waals surface area contributed by atoms with E-state index in [1.54, 1.807) is 0 Å². The maximum absolute atomic E-state index is 5.80. The Bertz CT molecular complexity index is 518. The fourth-order valence-corrected chi connectivity index (χ4v) is 2.22. The zero-order chi connectivity index (χ0) is 11.0. The van der Waals surface area contributed by atoms with E-state index in [1.807, 2.05) is 0 Å². The molecule has 0 aromatic heterocycles. The lowest BCUT2D eigenvalue weighted by Gasteiger charge is -2.10. The lowest BCUT2D eigenvalue weighted by molar-refractivity contribution is 0.552. The van der Waals surface area contributed by atoms with E-state index in [4.69, 9.17) is 5.73 Å². The molecule has 0 amide bonds. The first-order valence-electron chi connectivity index (χ1n) is 5.58. The smallest absolute Gasteiger partial charge is 0.0698 e. The first-order chi connectivity index (χ1) is 7.83. The van der Waals surface area contributed by atoms with Crippen LogP contribution in [0.15, 0.2) is 42.5 Å². The lowest BCUT2D eigenvalue weighted by Crippen LogP contribution is -2.36. The van der Waals surface area contributed by atoms with Gasteiger partial charge in [-0.15, -0.1) is 24.8 Å². The van der Waals surface area contributed by atoms with Crippen LogP contribution in [-0.4, -0.2) is 6.17 Å². The summed E-state index contributed by atoms with van der Waals surface area (Å²) in [5, 5.41) is 2.56. The molecule has 3 nitrogen and oxygen atoms in total. The van der Waals surface area contributed by atoms with Crippen LogP contribution in [0.25, 0.3) is 10.8 Å². The summed E-state index contributed by atoms with van der Waals surface area (Å²) in [5.74, 6) is 0. The minimum atomic E-state index is 0. The highest BCUT2D eigenvalue weighted by Crippen LogP contribution is 2.24. The largest absolute Gasteiger partial charge is 0.315 e. The number of hydrogen-bond acceptors (Lipinski definition) is 3. The highest BCUT2D eigenvalue weighted by Gasteiger charge is 2.21. The summed E-state index contributed by atoms with van der Waals surface area (Å²) >= 11 is 0. The Balaban J connectivity index is 0.000000810. The van der Waals surface area contributed by atoms with E-state index in [1.165, 1.54) is 16.3 Å². The van der Waals surface area contributed by atoms with Crippen LogP contribution in [0.4, 0.5) is 0 Å². The van der Waals surface area contributed by atoms with Crippen LogP contribution in [0.5, 0.6) is 0 Å². The quantitative estimate of drug-likeness (QED) is 0.755. The molecule has 0 saturated carbocycles. The molecular weight excluding hydrogens is 269 g/mol. The normalized spacial score (nSPS) is 22.3. The van der Waals surface area contributed by atoms with Crippen molar-refractivity contribution >= 4 is 35.6 Å². The number of hydrogen-bond donors (Lipinski definition) is 3. The molecule has 2 aromatic carbocycles. The minimum Gasteiger partial charge on any atom is -0.315 e. The van der Waals surface area contributed by atoms with E-state index >= 15 is 0 Å². The van der Waals surface area contributed by atoms with Crippen LogP contribution in [0.3, 0.4) is 0 Å². The molecule has 1 aliphatic heterocycles. The monoisotopic (exact) mass is 285 g/mol. The van der Waals surface area contributed by atoms with Crippen molar-refractivity contribution in [3.63, 3.8) is 0 Å². The molecule has 18 heavy (non-hydrogen) atoms. The number of benzene rings is 2. The van der Waals surface area contributed by atoms with E-state index in [2.05, 4.69) is 53.3 Å². The second-order valence-electron chi connectivity index (χ2n) is 4.29. The molecule has 4 N–H and O–H groups in total. The van der Waals surface area contributed by atoms with Crippen molar-refractivity contribution in [1.82, 2.24) is 10.9 Å². The third-order valence-corrected chi connectivity index (χ3v) is 3.11. The molecule has 0 spiro atoms. The maximum Gasteiger partial charge on any atom is 0.0698 e. The molecule has 1 fully saturated rings. The predicted molar refractivity (Wildman–Crippen MR) is 80.0 cm³/mol. The molecule has 5 heteroatoms. The topological polar surface area (TPSA) is 50.1 Å². The summed E-state index contributed by atoms with van der Waals surface area (Å²) < 4.78 is 0. The Hall–Kier alpha value is -0.840. The van der Waals surface area contributed by atoms with E-state index in [-0.39, 0.29) is 31.0 Å². The molecule has 0 radical (unpaired) electrons. The van der Waals surface area contributed by atoms with Crippen molar-refractivity contribution in [1.29, 1.82) is 0 Å². The lowest BCUT2D eigenvalue weighted by atomic mass is 10.0. The Kier molecular flexibility index (Phi) is 5.38. The van der Waals surface area contributed by atoms with Crippen molar-refractivity contribution in [2.75, 3.05) is 0 Å².